The van der Waals surface area contributed by atoms with Crippen molar-refractivity contribution < 1.29 is 5.11 Å². The second kappa shape index (κ2) is 8.73. The third-order valence-corrected chi connectivity index (χ3v) is 3.35. The van der Waals surface area contributed by atoms with E-state index in [1.807, 2.05) is 26.0 Å². The lowest BCUT2D eigenvalue weighted by molar-refractivity contribution is 0.470. The molecule has 0 heterocycles. The highest BCUT2D eigenvalue weighted by Gasteiger charge is 2.02. The summed E-state index contributed by atoms with van der Waals surface area (Å²) >= 11 is 0. The van der Waals surface area contributed by atoms with Crippen molar-refractivity contribution in [3.63, 3.8) is 0 Å². The molecule has 0 saturated heterocycles. The first-order valence-electron chi connectivity index (χ1n) is 7.45. The standard InChI is InChI=1S/C17H27NO/c1-4-5-6-7-8-9-10-18-13-16-12-14(2)11-15(3)17(16)19/h11-13,19H,4-10H2,1-3H3. The summed E-state index contributed by atoms with van der Waals surface area (Å²) in [5, 5.41) is 9.93. The number of rotatable bonds is 8. The van der Waals surface area contributed by atoms with Crippen molar-refractivity contribution in [3.05, 3.63) is 28.8 Å². The summed E-state index contributed by atoms with van der Waals surface area (Å²) in [5.74, 6) is 0.359. The molecule has 106 valence electrons. The van der Waals surface area contributed by atoms with Crippen LogP contribution in [0.15, 0.2) is 17.1 Å². The van der Waals surface area contributed by atoms with Gasteiger partial charge in [0, 0.05) is 18.3 Å². The molecule has 1 aromatic rings. The van der Waals surface area contributed by atoms with Gasteiger partial charge in [-0.1, -0.05) is 45.1 Å². The van der Waals surface area contributed by atoms with Crippen molar-refractivity contribution in [1.29, 1.82) is 0 Å². The quantitative estimate of drug-likeness (QED) is 0.529. The van der Waals surface area contributed by atoms with Gasteiger partial charge in [-0.3, -0.25) is 4.99 Å². The van der Waals surface area contributed by atoms with Gasteiger partial charge in [0.15, 0.2) is 0 Å². The number of hydrogen-bond acceptors (Lipinski definition) is 2. The Labute approximate surface area is 117 Å². The average Bonchev–Trinajstić information content (AvgIpc) is 2.38. The largest absolute Gasteiger partial charge is 0.507 e. The van der Waals surface area contributed by atoms with Crippen molar-refractivity contribution in [2.24, 2.45) is 4.99 Å². The van der Waals surface area contributed by atoms with Crippen LogP contribution >= 0.6 is 0 Å². The molecule has 1 rings (SSSR count). The molecule has 2 nitrogen and oxygen atoms in total. The third kappa shape index (κ3) is 5.91. The number of aliphatic imine (C=N–C) groups is 1. The lowest BCUT2D eigenvalue weighted by Gasteiger charge is -2.04. The fourth-order valence-electron chi connectivity index (χ4n) is 2.24. The zero-order valence-corrected chi connectivity index (χ0v) is 12.6. The van der Waals surface area contributed by atoms with Crippen molar-refractivity contribution >= 4 is 6.21 Å². The van der Waals surface area contributed by atoms with Gasteiger partial charge < -0.3 is 5.11 Å². The number of unbranched alkanes of at least 4 members (excludes halogenated alkanes) is 5. The first-order chi connectivity index (χ1) is 9.15. The van der Waals surface area contributed by atoms with Gasteiger partial charge in [0.2, 0.25) is 0 Å². The Kier molecular flexibility index (Phi) is 7.24. The van der Waals surface area contributed by atoms with Gasteiger partial charge in [-0.25, -0.2) is 0 Å². The Balaban J connectivity index is 2.33. The highest BCUT2D eigenvalue weighted by atomic mass is 16.3. The molecule has 0 aromatic heterocycles. The molecule has 0 aliphatic rings. The van der Waals surface area contributed by atoms with Gasteiger partial charge >= 0.3 is 0 Å². The molecule has 2 heteroatoms. The molecule has 0 atom stereocenters. The van der Waals surface area contributed by atoms with E-state index in [0.29, 0.717) is 5.75 Å². The summed E-state index contributed by atoms with van der Waals surface area (Å²) in [6.45, 7) is 7.06. The molecule has 0 bridgehead atoms. The molecule has 0 aliphatic carbocycles. The Hall–Kier alpha value is -1.31. The smallest absolute Gasteiger partial charge is 0.127 e. The van der Waals surface area contributed by atoms with E-state index in [4.69, 9.17) is 0 Å². The molecule has 0 aliphatic heterocycles. The zero-order valence-electron chi connectivity index (χ0n) is 12.6. The molecular weight excluding hydrogens is 234 g/mol. The Morgan fingerprint density at radius 3 is 2.47 bits per heavy atom. The first kappa shape index (κ1) is 15.7. The molecule has 0 fully saturated rings. The van der Waals surface area contributed by atoms with Crippen LogP contribution in [0.1, 0.15) is 62.1 Å². The lowest BCUT2D eigenvalue weighted by atomic mass is 10.1. The van der Waals surface area contributed by atoms with Crippen LogP contribution in [0.25, 0.3) is 0 Å². The Bertz CT molecular complexity index is 410. The lowest BCUT2D eigenvalue weighted by Crippen LogP contribution is -1.90. The summed E-state index contributed by atoms with van der Waals surface area (Å²) < 4.78 is 0. The monoisotopic (exact) mass is 261 g/mol. The number of phenolic OH excluding ortho intramolecular Hbond substituents is 1. The molecule has 0 spiro atoms. The van der Waals surface area contributed by atoms with Gasteiger partial charge in [0.25, 0.3) is 0 Å². The minimum Gasteiger partial charge on any atom is -0.507 e. The van der Waals surface area contributed by atoms with Crippen molar-refractivity contribution in [2.75, 3.05) is 6.54 Å². The third-order valence-electron chi connectivity index (χ3n) is 3.35. The maximum atomic E-state index is 9.93. The van der Waals surface area contributed by atoms with E-state index in [2.05, 4.69) is 11.9 Å². The van der Waals surface area contributed by atoms with Crippen LogP contribution in [-0.4, -0.2) is 17.9 Å². The van der Waals surface area contributed by atoms with E-state index in [0.717, 1.165) is 29.7 Å². The summed E-state index contributed by atoms with van der Waals surface area (Å²) in [7, 11) is 0. The van der Waals surface area contributed by atoms with E-state index in [-0.39, 0.29) is 0 Å². The normalized spacial score (nSPS) is 11.3. The molecule has 1 N–H and O–H groups in total. The van der Waals surface area contributed by atoms with Crippen LogP contribution in [0.4, 0.5) is 0 Å². The highest BCUT2D eigenvalue weighted by molar-refractivity contribution is 5.84. The minimum absolute atomic E-state index is 0.359. The highest BCUT2D eigenvalue weighted by Crippen LogP contribution is 2.22. The SMILES string of the molecule is CCCCCCCCN=Cc1cc(C)cc(C)c1O. The van der Waals surface area contributed by atoms with Crippen LogP contribution in [0.2, 0.25) is 0 Å². The molecule has 0 unspecified atom stereocenters. The number of aryl methyl sites for hydroxylation is 2. The van der Waals surface area contributed by atoms with E-state index in [9.17, 15) is 5.11 Å². The van der Waals surface area contributed by atoms with E-state index < -0.39 is 0 Å². The predicted molar refractivity (Wildman–Crippen MR) is 83.4 cm³/mol. The zero-order chi connectivity index (χ0) is 14.1. The molecule has 0 amide bonds. The molecule has 0 radical (unpaired) electrons. The van der Waals surface area contributed by atoms with Crippen molar-refractivity contribution in [3.8, 4) is 5.75 Å². The number of benzene rings is 1. The van der Waals surface area contributed by atoms with Gasteiger partial charge in [0.1, 0.15) is 5.75 Å². The fourth-order valence-corrected chi connectivity index (χ4v) is 2.24. The molecular formula is C17H27NO. The number of hydrogen-bond donors (Lipinski definition) is 1. The van der Waals surface area contributed by atoms with Crippen LogP contribution in [0, 0.1) is 13.8 Å². The maximum Gasteiger partial charge on any atom is 0.127 e. The van der Waals surface area contributed by atoms with Gasteiger partial charge in [-0.2, -0.15) is 0 Å². The second-order valence-corrected chi connectivity index (χ2v) is 5.32. The topological polar surface area (TPSA) is 32.6 Å². The first-order valence-corrected chi connectivity index (χ1v) is 7.45. The van der Waals surface area contributed by atoms with E-state index in [1.165, 1.54) is 32.1 Å². The number of nitrogens with zero attached hydrogens (tertiary/aromatic N) is 1. The van der Waals surface area contributed by atoms with Crippen LogP contribution in [0.5, 0.6) is 5.75 Å². The Morgan fingerprint density at radius 1 is 1.05 bits per heavy atom. The number of aromatic hydroxyl groups is 1. The maximum absolute atomic E-state index is 9.93. The molecule has 1 aromatic carbocycles. The predicted octanol–water partition coefficient (Wildman–Crippen LogP) is 4.79. The Morgan fingerprint density at radius 2 is 1.74 bits per heavy atom. The minimum atomic E-state index is 0.359. The van der Waals surface area contributed by atoms with Crippen LogP contribution in [0.3, 0.4) is 0 Å². The second-order valence-electron chi connectivity index (χ2n) is 5.32. The van der Waals surface area contributed by atoms with E-state index in [1.54, 1.807) is 6.21 Å². The summed E-state index contributed by atoms with van der Waals surface area (Å²) in [5.41, 5.74) is 2.92. The number of phenols is 1. The average molecular weight is 261 g/mol. The fraction of sp³-hybridized carbons (Fsp3) is 0.588. The molecule has 19 heavy (non-hydrogen) atoms. The summed E-state index contributed by atoms with van der Waals surface area (Å²) in [4.78, 5) is 4.42. The van der Waals surface area contributed by atoms with E-state index >= 15 is 0 Å². The van der Waals surface area contributed by atoms with Crippen molar-refractivity contribution in [2.45, 2.75) is 59.3 Å². The van der Waals surface area contributed by atoms with Gasteiger partial charge in [0.05, 0.1) is 0 Å². The van der Waals surface area contributed by atoms with Crippen LogP contribution in [-0.2, 0) is 0 Å². The summed E-state index contributed by atoms with van der Waals surface area (Å²) in [6, 6.07) is 3.97. The molecule has 0 saturated carbocycles. The van der Waals surface area contributed by atoms with Crippen molar-refractivity contribution in [1.82, 2.24) is 0 Å². The van der Waals surface area contributed by atoms with Crippen LogP contribution < -0.4 is 0 Å². The van der Waals surface area contributed by atoms with Gasteiger partial charge in [-0.15, -0.1) is 0 Å². The van der Waals surface area contributed by atoms with Gasteiger partial charge in [-0.05, 0) is 37.5 Å². The summed E-state index contributed by atoms with van der Waals surface area (Å²) in [6.07, 6.45) is 9.52.